The van der Waals surface area contributed by atoms with Gasteiger partial charge in [0.2, 0.25) is 0 Å². The molecular formula is C21H19N3O6S. The minimum atomic E-state index is -0.753. The maximum atomic E-state index is 12.9. The number of nitro groups is 1. The van der Waals surface area contributed by atoms with E-state index in [0.717, 1.165) is 23.0 Å². The predicted molar refractivity (Wildman–Crippen MR) is 116 cm³/mol. The van der Waals surface area contributed by atoms with E-state index in [1.165, 1.54) is 20.1 Å². The fourth-order valence-corrected chi connectivity index (χ4v) is 3.76. The molecule has 9 nitrogen and oxygen atoms in total. The van der Waals surface area contributed by atoms with Crippen molar-refractivity contribution >= 4 is 33.8 Å². The number of nitro benzene ring substituents is 1. The molecule has 0 saturated carbocycles. The lowest BCUT2D eigenvalue weighted by molar-refractivity contribution is -0.385. The average molecular weight is 441 g/mol. The van der Waals surface area contributed by atoms with Crippen LogP contribution in [0.15, 0.2) is 42.5 Å². The summed E-state index contributed by atoms with van der Waals surface area (Å²) < 4.78 is 10.6. The van der Waals surface area contributed by atoms with E-state index in [9.17, 15) is 19.7 Å². The van der Waals surface area contributed by atoms with Gasteiger partial charge < -0.3 is 9.47 Å². The first-order valence-electron chi connectivity index (χ1n) is 9.23. The Balaban J connectivity index is 2.00. The molecule has 1 heterocycles. The van der Waals surface area contributed by atoms with Crippen LogP contribution in [-0.2, 0) is 0 Å². The number of methoxy groups -OCH3 is 1. The van der Waals surface area contributed by atoms with Gasteiger partial charge in [0.15, 0.2) is 22.4 Å². The van der Waals surface area contributed by atoms with E-state index < -0.39 is 16.5 Å². The smallest absolute Gasteiger partial charge is 0.286 e. The average Bonchev–Trinajstić information content (AvgIpc) is 3.18. The molecule has 0 aliphatic rings. The van der Waals surface area contributed by atoms with E-state index in [1.54, 1.807) is 19.1 Å². The molecule has 10 heteroatoms. The zero-order valence-corrected chi connectivity index (χ0v) is 17.8. The summed E-state index contributed by atoms with van der Waals surface area (Å²) in [7, 11) is 1.37. The molecule has 0 aliphatic heterocycles. The monoisotopic (exact) mass is 441 g/mol. The van der Waals surface area contributed by atoms with Crippen molar-refractivity contribution in [2.24, 2.45) is 0 Å². The normalized spacial score (nSPS) is 10.4. The number of nitrogens with zero attached hydrogens (tertiary/aromatic N) is 2. The molecule has 0 radical (unpaired) electrons. The highest BCUT2D eigenvalue weighted by Crippen LogP contribution is 2.36. The number of benzene rings is 2. The van der Waals surface area contributed by atoms with E-state index in [4.69, 9.17) is 9.47 Å². The van der Waals surface area contributed by atoms with Gasteiger partial charge in [-0.3, -0.25) is 25.0 Å². The number of anilines is 1. The molecule has 0 saturated heterocycles. The topological polar surface area (TPSA) is 121 Å². The number of carbonyl (C=O) groups is 2. The van der Waals surface area contributed by atoms with Crippen molar-refractivity contribution in [1.29, 1.82) is 0 Å². The molecule has 1 N–H and O–H groups in total. The lowest BCUT2D eigenvalue weighted by Gasteiger charge is -2.11. The molecule has 3 aromatic rings. The van der Waals surface area contributed by atoms with Crippen LogP contribution in [0.25, 0.3) is 11.3 Å². The fourth-order valence-electron chi connectivity index (χ4n) is 2.88. The van der Waals surface area contributed by atoms with E-state index in [-0.39, 0.29) is 34.6 Å². The standard InChI is InChI=1S/C21H19N3O6S/c1-4-30-17-11-15(24(27)28)14(10-16(17)29-3)20(26)23-21-22-18(19(31-21)12(2)25)13-8-6-5-7-9-13/h5-11H,4H2,1-3H3,(H,22,23,26). The van der Waals surface area contributed by atoms with Gasteiger partial charge in [0, 0.05) is 18.6 Å². The van der Waals surface area contributed by atoms with Crippen LogP contribution < -0.4 is 14.8 Å². The third-order valence-corrected chi connectivity index (χ3v) is 5.31. The number of nitrogens with one attached hydrogen (secondary N) is 1. The van der Waals surface area contributed by atoms with Crippen LogP contribution >= 0.6 is 11.3 Å². The first kappa shape index (κ1) is 21.9. The molecule has 0 aliphatic carbocycles. The zero-order chi connectivity index (χ0) is 22.5. The summed E-state index contributed by atoms with van der Waals surface area (Å²) in [6, 6.07) is 11.5. The zero-order valence-electron chi connectivity index (χ0n) is 17.0. The summed E-state index contributed by atoms with van der Waals surface area (Å²) >= 11 is 1.00. The predicted octanol–water partition coefficient (Wildman–Crippen LogP) is 4.58. The van der Waals surface area contributed by atoms with Crippen molar-refractivity contribution in [2.45, 2.75) is 13.8 Å². The molecule has 3 rings (SSSR count). The van der Waals surface area contributed by atoms with Crippen molar-refractivity contribution in [3.63, 3.8) is 0 Å². The second kappa shape index (κ2) is 9.35. The van der Waals surface area contributed by atoms with Crippen molar-refractivity contribution in [2.75, 3.05) is 19.0 Å². The number of hydrogen-bond donors (Lipinski definition) is 1. The summed E-state index contributed by atoms with van der Waals surface area (Å²) in [5.41, 5.74) is 0.504. The Labute approximate surface area is 181 Å². The molecule has 0 spiro atoms. The van der Waals surface area contributed by atoms with Crippen molar-refractivity contribution in [3.05, 3.63) is 63.0 Å². The van der Waals surface area contributed by atoms with Crippen LogP contribution in [0.4, 0.5) is 10.8 Å². The van der Waals surface area contributed by atoms with Crippen LogP contribution in [0.5, 0.6) is 11.5 Å². The number of Topliss-reactive ketones (excluding diaryl/α,β-unsaturated/α-hetero) is 1. The maximum Gasteiger partial charge on any atom is 0.286 e. The summed E-state index contributed by atoms with van der Waals surface area (Å²) in [5, 5.41) is 14.2. The Kier molecular flexibility index (Phi) is 6.61. The molecule has 1 amide bonds. The number of ether oxygens (including phenoxy) is 2. The van der Waals surface area contributed by atoms with Crippen molar-refractivity contribution in [3.8, 4) is 22.8 Å². The lowest BCUT2D eigenvalue weighted by atomic mass is 10.1. The minimum absolute atomic E-state index is 0.149. The van der Waals surface area contributed by atoms with Gasteiger partial charge in [-0.1, -0.05) is 41.7 Å². The first-order chi connectivity index (χ1) is 14.8. The number of rotatable bonds is 8. The number of ketones is 1. The largest absolute Gasteiger partial charge is 0.493 e. The number of thiazole rings is 1. The van der Waals surface area contributed by atoms with Gasteiger partial charge in [-0.25, -0.2) is 4.98 Å². The van der Waals surface area contributed by atoms with Crippen LogP contribution in [0.3, 0.4) is 0 Å². The van der Waals surface area contributed by atoms with E-state index in [2.05, 4.69) is 10.3 Å². The quantitative estimate of drug-likeness (QED) is 0.308. The number of aromatic nitrogens is 1. The van der Waals surface area contributed by atoms with Crippen LogP contribution in [0, 0.1) is 10.1 Å². The van der Waals surface area contributed by atoms with Crippen LogP contribution in [0.2, 0.25) is 0 Å². The second-order valence-corrected chi connectivity index (χ2v) is 7.28. The van der Waals surface area contributed by atoms with Crippen molar-refractivity contribution in [1.82, 2.24) is 4.98 Å². The highest BCUT2D eigenvalue weighted by atomic mass is 32.1. The van der Waals surface area contributed by atoms with Crippen LogP contribution in [-0.4, -0.2) is 35.3 Å². The Bertz CT molecular complexity index is 1140. The van der Waals surface area contributed by atoms with Gasteiger partial charge in [-0.05, 0) is 6.92 Å². The molecule has 0 atom stereocenters. The second-order valence-electron chi connectivity index (χ2n) is 6.28. The molecule has 1 aromatic heterocycles. The van der Waals surface area contributed by atoms with Gasteiger partial charge in [0.05, 0.1) is 35.3 Å². The Morgan fingerprint density at radius 3 is 2.48 bits per heavy atom. The van der Waals surface area contributed by atoms with Gasteiger partial charge in [-0.2, -0.15) is 0 Å². The van der Waals surface area contributed by atoms with E-state index >= 15 is 0 Å². The van der Waals surface area contributed by atoms with Crippen LogP contribution in [0.1, 0.15) is 33.9 Å². The Morgan fingerprint density at radius 2 is 1.90 bits per heavy atom. The molecule has 31 heavy (non-hydrogen) atoms. The number of hydrogen-bond acceptors (Lipinski definition) is 8. The summed E-state index contributed by atoms with van der Waals surface area (Å²) in [6.07, 6.45) is 0. The number of carbonyl (C=O) groups excluding carboxylic acids is 2. The number of amides is 1. The molecule has 0 bridgehead atoms. The highest BCUT2D eigenvalue weighted by Gasteiger charge is 2.26. The van der Waals surface area contributed by atoms with Gasteiger partial charge in [-0.15, -0.1) is 0 Å². The van der Waals surface area contributed by atoms with Gasteiger partial charge >= 0.3 is 0 Å². The Morgan fingerprint density at radius 1 is 1.19 bits per heavy atom. The Hall–Kier alpha value is -3.79. The molecular weight excluding hydrogens is 422 g/mol. The highest BCUT2D eigenvalue weighted by molar-refractivity contribution is 7.18. The van der Waals surface area contributed by atoms with Gasteiger partial charge in [0.25, 0.3) is 11.6 Å². The first-order valence-corrected chi connectivity index (χ1v) is 10.0. The third kappa shape index (κ3) is 4.69. The van der Waals surface area contributed by atoms with Crippen molar-refractivity contribution < 1.29 is 24.0 Å². The fraction of sp³-hybridized carbons (Fsp3) is 0.190. The lowest BCUT2D eigenvalue weighted by Crippen LogP contribution is -2.14. The van der Waals surface area contributed by atoms with Gasteiger partial charge in [0.1, 0.15) is 5.56 Å². The van der Waals surface area contributed by atoms with E-state index in [0.29, 0.717) is 10.6 Å². The SMILES string of the molecule is CCOc1cc([N+](=O)[O-])c(C(=O)Nc2nc(-c3ccccc3)c(C(C)=O)s2)cc1OC. The molecule has 0 fully saturated rings. The minimum Gasteiger partial charge on any atom is -0.493 e. The molecule has 2 aromatic carbocycles. The van der Waals surface area contributed by atoms with E-state index in [1.807, 2.05) is 18.2 Å². The molecule has 0 unspecified atom stereocenters. The summed E-state index contributed by atoms with van der Waals surface area (Å²) in [4.78, 5) is 40.6. The third-order valence-electron chi connectivity index (χ3n) is 4.24. The summed E-state index contributed by atoms with van der Waals surface area (Å²) in [6.45, 7) is 3.41. The molecule has 160 valence electrons. The maximum absolute atomic E-state index is 12.9. The summed E-state index contributed by atoms with van der Waals surface area (Å²) in [5.74, 6) is -0.610.